The maximum absolute atomic E-state index is 6.26. The molecule has 1 spiro atoms. The molecule has 1 saturated heterocycles. The Kier molecular flexibility index (Phi) is 3.34. The summed E-state index contributed by atoms with van der Waals surface area (Å²) in [4.78, 5) is 0. The number of rotatable bonds is 1. The molecule has 5 rings (SSSR count). The van der Waals surface area contributed by atoms with E-state index in [1.807, 2.05) is 0 Å². The molecule has 3 aliphatic rings. The largest absolute Gasteiger partial charge is 0.494 e. The molecule has 2 aromatic rings. The molecule has 1 heterocycles. The van der Waals surface area contributed by atoms with Crippen molar-refractivity contribution in [2.45, 2.75) is 64.6 Å². The minimum absolute atomic E-state index is 0.261. The Morgan fingerprint density at radius 3 is 1.77 bits per heavy atom. The molecule has 0 aromatic heterocycles. The molecule has 3 heteroatoms. The molecule has 0 bridgehead atoms. The Balaban J connectivity index is 1.41. The molecule has 1 fully saturated rings. The quantitative estimate of drug-likeness (QED) is 0.730. The van der Waals surface area contributed by atoms with Gasteiger partial charge in [0.15, 0.2) is 0 Å². The van der Waals surface area contributed by atoms with Crippen LogP contribution >= 0.6 is 0 Å². The van der Waals surface area contributed by atoms with Gasteiger partial charge >= 0.3 is 7.12 Å². The zero-order valence-electron chi connectivity index (χ0n) is 16.3. The van der Waals surface area contributed by atoms with E-state index in [2.05, 4.69) is 70.2 Å². The first kappa shape index (κ1) is 16.6. The summed E-state index contributed by atoms with van der Waals surface area (Å²) >= 11 is 0. The lowest BCUT2D eigenvalue weighted by Crippen LogP contribution is -2.41. The normalized spacial score (nSPS) is 24.1. The van der Waals surface area contributed by atoms with Crippen LogP contribution in [0.1, 0.15) is 49.9 Å². The first-order chi connectivity index (χ1) is 12.3. The maximum atomic E-state index is 6.26. The minimum atomic E-state index is -0.287. The number of benzene rings is 2. The van der Waals surface area contributed by atoms with E-state index in [4.69, 9.17) is 9.31 Å². The molecule has 2 aliphatic carbocycles. The van der Waals surface area contributed by atoms with Crippen LogP contribution in [0.25, 0.3) is 0 Å². The fourth-order valence-corrected chi connectivity index (χ4v) is 5.00. The molecule has 134 valence electrons. The summed E-state index contributed by atoms with van der Waals surface area (Å²) in [5, 5.41) is 0. The first-order valence-electron chi connectivity index (χ1n) is 9.81. The second-order valence-corrected chi connectivity index (χ2v) is 9.59. The van der Waals surface area contributed by atoms with Crippen molar-refractivity contribution in [1.29, 1.82) is 0 Å². The van der Waals surface area contributed by atoms with Crippen molar-refractivity contribution in [3.05, 3.63) is 64.7 Å². The molecule has 2 nitrogen and oxygen atoms in total. The average molecular weight is 346 g/mol. The van der Waals surface area contributed by atoms with Gasteiger partial charge in [0, 0.05) is 0 Å². The number of fused-ring (bicyclic) bond motifs is 2. The average Bonchev–Trinajstić information content (AvgIpc) is 3.17. The summed E-state index contributed by atoms with van der Waals surface area (Å²) in [6.45, 7) is 8.46. The van der Waals surface area contributed by atoms with Gasteiger partial charge in [0.2, 0.25) is 0 Å². The van der Waals surface area contributed by atoms with E-state index in [1.54, 1.807) is 11.1 Å². The van der Waals surface area contributed by atoms with Gasteiger partial charge in [-0.3, -0.25) is 0 Å². The van der Waals surface area contributed by atoms with E-state index >= 15 is 0 Å². The van der Waals surface area contributed by atoms with Crippen LogP contribution in [-0.4, -0.2) is 18.3 Å². The lowest BCUT2D eigenvalue weighted by Gasteiger charge is -2.32. The van der Waals surface area contributed by atoms with Crippen molar-refractivity contribution in [3.63, 3.8) is 0 Å². The summed E-state index contributed by atoms with van der Waals surface area (Å²) in [5.41, 5.74) is 7.08. The smallest absolute Gasteiger partial charge is 0.399 e. The molecular formula is C23H27BO2. The van der Waals surface area contributed by atoms with Crippen molar-refractivity contribution in [1.82, 2.24) is 0 Å². The summed E-state index contributed by atoms with van der Waals surface area (Å²) in [6.07, 6.45) is 4.79. The minimum Gasteiger partial charge on any atom is -0.399 e. The molecule has 2 aromatic carbocycles. The Labute approximate surface area is 157 Å². The van der Waals surface area contributed by atoms with Crippen molar-refractivity contribution in [2.75, 3.05) is 0 Å². The van der Waals surface area contributed by atoms with Gasteiger partial charge in [-0.05, 0) is 86.5 Å². The highest BCUT2D eigenvalue weighted by molar-refractivity contribution is 6.62. The summed E-state index contributed by atoms with van der Waals surface area (Å²) in [7, 11) is -0.261. The monoisotopic (exact) mass is 346 g/mol. The molecular weight excluding hydrogens is 319 g/mol. The van der Waals surface area contributed by atoms with Gasteiger partial charge in [-0.2, -0.15) is 0 Å². The van der Waals surface area contributed by atoms with Crippen LogP contribution in [0.4, 0.5) is 0 Å². The predicted octanol–water partition coefficient (Wildman–Crippen LogP) is 3.87. The third-order valence-corrected chi connectivity index (χ3v) is 7.14. The highest BCUT2D eigenvalue weighted by Crippen LogP contribution is 2.47. The van der Waals surface area contributed by atoms with Gasteiger partial charge in [0.25, 0.3) is 0 Å². The fraction of sp³-hybridized carbons (Fsp3) is 0.478. The van der Waals surface area contributed by atoms with E-state index in [0.717, 1.165) is 5.46 Å². The Morgan fingerprint density at radius 2 is 1.19 bits per heavy atom. The van der Waals surface area contributed by atoms with E-state index in [9.17, 15) is 0 Å². The van der Waals surface area contributed by atoms with Crippen LogP contribution in [0.3, 0.4) is 0 Å². The predicted molar refractivity (Wildman–Crippen MR) is 106 cm³/mol. The highest BCUT2D eigenvalue weighted by Gasteiger charge is 2.52. The molecule has 1 aliphatic heterocycles. The van der Waals surface area contributed by atoms with Gasteiger partial charge in [-0.15, -0.1) is 0 Å². The van der Waals surface area contributed by atoms with Crippen molar-refractivity contribution in [2.24, 2.45) is 5.41 Å². The van der Waals surface area contributed by atoms with Gasteiger partial charge < -0.3 is 9.31 Å². The second kappa shape index (κ2) is 5.24. The van der Waals surface area contributed by atoms with Crippen LogP contribution in [0.5, 0.6) is 0 Å². The fourth-order valence-electron chi connectivity index (χ4n) is 5.00. The van der Waals surface area contributed by atoms with Gasteiger partial charge in [0.05, 0.1) is 11.2 Å². The third kappa shape index (κ3) is 2.40. The molecule has 0 atom stereocenters. The van der Waals surface area contributed by atoms with Gasteiger partial charge in [-0.1, -0.05) is 42.5 Å². The maximum Gasteiger partial charge on any atom is 0.494 e. The third-order valence-electron chi connectivity index (χ3n) is 7.14. The molecule has 0 unspecified atom stereocenters. The Hall–Kier alpha value is -1.58. The van der Waals surface area contributed by atoms with Crippen molar-refractivity contribution in [3.8, 4) is 0 Å². The van der Waals surface area contributed by atoms with Gasteiger partial charge in [0.1, 0.15) is 0 Å². The second-order valence-electron chi connectivity index (χ2n) is 9.59. The molecule has 0 radical (unpaired) electrons. The Bertz CT molecular complexity index is 843. The lowest BCUT2D eigenvalue weighted by molar-refractivity contribution is 0.00578. The van der Waals surface area contributed by atoms with Gasteiger partial charge in [-0.25, -0.2) is 0 Å². The van der Waals surface area contributed by atoms with Crippen LogP contribution < -0.4 is 5.46 Å². The lowest BCUT2D eigenvalue weighted by atomic mass is 9.77. The molecule has 0 amide bonds. The van der Waals surface area contributed by atoms with E-state index < -0.39 is 0 Å². The summed E-state index contributed by atoms with van der Waals surface area (Å²) < 4.78 is 12.5. The molecule has 26 heavy (non-hydrogen) atoms. The van der Waals surface area contributed by atoms with Crippen molar-refractivity contribution >= 4 is 12.6 Å². The molecule has 0 N–H and O–H groups in total. The van der Waals surface area contributed by atoms with Crippen molar-refractivity contribution < 1.29 is 9.31 Å². The van der Waals surface area contributed by atoms with Crippen LogP contribution in [0, 0.1) is 5.41 Å². The molecule has 0 saturated carbocycles. The van der Waals surface area contributed by atoms with Crippen LogP contribution in [-0.2, 0) is 35.0 Å². The van der Waals surface area contributed by atoms with Crippen LogP contribution in [0.2, 0.25) is 0 Å². The number of hydrogen-bond acceptors (Lipinski definition) is 2. The zero-order valence-corrected chi connectivity index (χ0v) is 16.3. The SMILES string of the molecule is CC1(C)OB(c2ccc3c(c2)CC2(Cc4ccccc4C2)C3)OC1(C)C. The van der Waals surface area contributed by atoms with Crippen LogP contribution in [0.15, 0.2) is 42.5 Å². The summed E-state index contributed by atoms with van der Waals surface area (Å²) in [6, 6.07) is 15.8. The zero-order chi connectivity index (χ0) is 18.2. The first-order valence-corrected chi connectivity index (χ1v) is 9.81. The topological polar surface area (TPSA) is 18.5 Å². The standard InChI is InChI=1S/C23H27BO2/c1-21(2)22(3,4)26-24(25-21)20-10-9-18-14-23(15-19(18)11-20)12-16-7-5-6-8-17(16)13-23/h5-11H,12-15H2,1-4H3. The van der Waals surface area contributed by atoms with E-state index in [1.165, 1.54) is 36.8 Å². The van der Waals surface area contributed by atoms with E-state index in [0.29, 0.717) is 5.41 Å². The Morgan fingerprint density at radius 1 is 0.692 bits per heavy atom. The summed E-state index contributed by atoms with van der Waals surface area (Å²) in [5.74, 6) is 0. The van der Waals surface area contributed by atoms with E-state index in [-0.39, 0.29) is 18.3 Å². The highest BCUT2D eigenvalue weighted by atomic mass is 16.7. The number of hydrogen-bond donors (Lipinski definition) is 0.